The van der Waals surface area contributed by atoms with Crippen LogP contribution < -0.4 is 5.32 Å². The first-order valence-corrected chi connectivity index (χ1v) is 7.19. The monoisotopic (exact) mass is 246 g/mol. The molecule has 0 spiro atoms. The minimum absolute atomic E-state index is 0.560. The number of nitrogens with one attached hydrogen (secondary N) is 1. The summed E-state index contributed by atoms with van der Waals surface area (Å²) in [5.74, 6) is 0. The van der Waals surface area contributed by atoms with Crippen molar-refractivity contribution in [2.24, 2.45) is 0 Å². The number of likely N-dealkylation sites (tertiary alicyclic amines) is 1. The molecule has 0 aliphatic carbocycles. The molecule has 0 aromatic heterocycles. The Bertz CT molecular complexity index is 347. The first-order chi connectivity index (χ1) is 8.65. The molecule has 0 bridgehead atoms. The fourth-order valence-corrected chi connectivity index (χ4v) is 2.82. The van der Waals surface area contributed by atoms with Crippen LogP contribution in [0.4, 0.5) is 0 Å². The summed E-state index contributed by atoms with van der Waals surface area (Å²) in [5.41, 5.74) is 1.43. The van der Waals surface area contributed by atoms with Crippen molar-refractivity contribution >= 4 is 0 Å². The van der Waals surface area contributed by atoms with Crippen molar-refractivity contribution in [2.75, 3.05) is 13.1 Å². The van der Waals surface area contributed by atoms with E-state index in [4.69, 9.17) is 0 Å². The van der Waals surface area contributed by atoms with Gasteiger partial charge in [0.2, 0.25) is 0 Å². The molecule has 2 nitrogen and oxygen atoms in total. The molecular formula is C16H26N2. The highest BCUT2D eigenvalue weighted by Gasteiger charge is 2.24. The summed E-state index contributed by atoms with van der Waals surface area (Å²) >= 11 is 0. The van der Waals surface area contributed by atoms with E-state index in [1.807, 2.05) is 0 Å². The first kappa shape index (κ1) is 13.6. The summed E-state index contributed by atoms with van der Waals surface area (Å²) in [5, 5.41) is 3.77. The van der Waals surface area contributed by atoms with Gasteiger partial charge in [0.05, 0.1) is 0 Å². The van der Waals surface area contributed by atoms with E-state index in [0.717, 1.165) is 6.42 Å². The largest absolute Gasteiger partial charge is 0.310 e. The zero-order chi connectivity index (χ0) is 13.0. The smallest absolute Gasteiger partial charge is 0.0209 e. The summed E-state index contributed by atoms with van der Waals surface area (Å²) in [7, 11) is 0. The Morgan fingerprint density at radius 2 is 1.94 bits per heavy atom. The van der Waals surface area contributed by atoms with Crippen molar-refractivity contribution in [3.63, 3.8) is 0 Å². The fraction of sp³-hybridized carbons (Fsp3) is 0.625. The van der Waals surface area contributed by atoms with Crippen LogP contribution >= 0.6 is 0 Å². The number of hydrogen-bond acceptors (Lipinski definition) is 2. The molecule has 2 rings (SSSR count). The molecule has 18 heavy (non-hydrogen) atoms. The van der Waals surface area contributed by atoms with Gasteiger partial charge >= 0.3 is 0 Å². The van der Waals surface area contributed by atoms with Gasteiger partial charge in [0.25, 0.3) is 0 Å². The van der Waals surface area contributed by atoms with Gasteiger partial charge in [-0.05, 0) is 45.7 Å². The molecule has 1 heterocycles. The molecule has 1 aliphatic heterocycles. The maximum atomic E-state index is 3.77. The lowest BCUT2D eigenvalue weighted by molar-refractivity contribution is 0.266. The van der Waals surface area contributed by atoms with Gasteiger partial charge in [-0.1, -0.05) is 30.3 Å². The average molecular weight is 246 g/mol. The number of nitrogens with zero attached hydrogens (tertiary/aromatic N) is 1. The molecule has 1 fully saturated rings. The van der Waals surface area contributed by atoms with Crippen molar-refractivity contribution < 1.29 is 0 Å². The molecule has 1 aliphatic rings. The van der Waals surface area contributed by atoms with Gasteiger partial charge in [-0.3, -0.25) is 4.90 Å². The van der Waals surface area contributed by atoms with Crippen LogP contribution in [0.3, 0.4) is 0 Å². The van der Waals surface area contributed by atoms with Crippen molar-refractivity contribution in [3.05, 3.63) is 35.9 Å². The zero-order valence-electron chi connectivity index (χ0n) is 11.9. The van der Waals surface area contributed by atoms with E-state index in [2.05, 4.69) is 61.3 Å². The summed E-state index contributed by atoms with van der Waals surface area (Å²) in [6.07, 6.45) is 2.41. The minimum atomic E-state index is 0.560. The SMILES string of the molecule is CC(Cc1ccccc1)NC1CCN(C(C)C)C1. The van der Waals surface area contributed by atoms with Gasteiger partial charge in [0.1, 0.15) is 0 Å². The van der Waals surface area contributed by atoms with Gasteiger partial charge in [0.15, 0.2) is 0 Å². The van der Waals surface area contributed by atoms with Gasteiger partial charge < -0.3 is 5.32 Å². The van der Waals surface area contributed by atoms with Crippen molar-refractivity contribution in [3.8, 4) is 0 Å². The van der Waals surface area contributed by atoms with Crippen molar-refractivity contribution in [2.45, 2.75) is 51.7 Å². The van der Waals surface area contributed by atoms with E-state index in [-0.39, 0.29) is 0 Å². The second-order valence-corrected chi connectivity index (χ2v) is 5.83. The van der Waals surface area contributed by atoms with Crippen molar-refractivity contribution in [1.82, 2.24) is 10.2 Å². The lowest BCUT2D eigenvalue weighted by Gasteiger charge is -2.22. The van der Waals surface area contributed by atoms with Crippen LogP contribution in [-0.4, -0.2) is 36.1 Å². The molecule has 2 atom stereocenters. The first-order valence-electron chi connectivity index (χ1n) is 7.19. The summed E-state index contributed by atoms with van der Waals surface area (Å²) < 4.78 is 0. The second kappa shape index (κ2) is 6.35. The summed E-state index contributed by atoms with van der Waals surface area (Å²) in [6, 6.07) is 12.7. The number of rotatable bonds is 5. The highest BCUT2D eigenvalue weighted by Crippen LogP contribution is 2.13. The molecule has 1 N–H and O–H groups in total. The molecule has 0 saturated carbocycles. The maximum Gasteiger partial charge on any atom is 0.0209 e. The Kier molecular flexibility index (Phi) is 4.79. The quantitative estimate of drug-likeness (QED) is 0.859. The third kappa shape index (κ3) is 3.82. The van der Waals surface area contributed by atoms with E-state index in [0.29, 0.717) is 18.1 Å². The molecule has 2 heteroatoms. The van der Waals surface area contributed by atoms with Gasteiger partial charge in [-0.15, -0.1) is 0 Å². The van der Waals surface area contributed by atoms with E-state index in [1.54, 1.807) is 0 Å². The standard InChI is InChI=1S/C16H26N2/c1-13(2)18-10-9-16(12-18)17-14(3)11-15-7-5-4-6-8-15/h4-8,13-14,16-17H,9-12H2,1-3H3. The topological polar surface area (TPSA) is 15.3 Å². The molecular weight excluding hydrogens is 220 g/mol. The normalized spacial score (nSPS) is 22.6. The summed E-state index contributed by atoms with van der Waals surface area (Å²) in [6.45, 7) is 9.32. The number of benzene rings is 1. The predicted molar refractivity (Wildman–Crippen MR) is 77.9 cm³/mol. The Morgan fingerprint density at radius 3 is 2.56 bits per heavy atom. The fourth-order valence-electron chi connectivity index (χ4n) is 2.82. The Morgan fingerprint density at radius 1 is 1.22 bits per heavy atom. The second-order valence-electron chi connectivity index (χ2n) is 5.83. The molecule has 1 aromatic carbocycles. The van der Waals surface area contributed by atoms with Crippen LogP contribution in [0.25, 0.3) is 0 Å². The van der Waals surface area contributed by atoms with E-state index < -0.39 is 0 Å². The number of hydrogen-bond donors (Lipinski definition) is 1. The van der Waals surface area contributed by atoms with Crippen molar-refractivity contribution in [1.29, 1.82) is 0 Å². The summed E-state index contributed by atoms with van der Waals surface area (Å²) in [4.78, 5) is 2.56. The highest BCUT2D eigenvalue weighted by atomic mass is 15.2. The van der Waals surface area contributed by atoms with E-state index in [1.165, 1.54) is 25.1 Å². The molecule has 100 valence electrons. The Labute approximate surface area is 111 Å². The van der Waals surface area contributed by atoms with Crippen LogP contribution in [0.2, 0.25) is 0 Å². The minimum Gasteiger partial charge on any atom is -0.310 e. The lowest BCUT2D eigenvalue weighted by Crippen LogP contribution is -2.40. The Balaban J connectivity index is 1.77. The van der Waals surface area contributed by atoms with Crippen LogP contribution in [0.1, 0.15) is 32.8 Å². The maximum absolute atomic E-state index is 3.77. The Hall–Kier alpha value is -0.860. The zero-order valence-corrected chi connectivity index (χ0v) is 11.9. The molecule has 1 aromatic rings. The van der Waals surface area contributed by atoms with Crippen LogP contribution in [0, 0.1) is 0 Å². The molecule has 0 amide bonds. The predicted octanol–water partition coefficient (Wildman–Crippen LogP) is 2.69. The van der Waals surface area contributed by atoms with Crippen LogP contribution in [0.15, 0.2) is 30.3 Å². The van der Waals surface area contributed by atoms with Gasteiger partial charge in [-0.2, -0.15) is 0 Å². The van der Waals surface area contributed by atoms with Crippen LogP contribution in [-0.2, 0) is 6.42 Å². The van der Waals surface area contributed by atoms with E-state index in [9.17, 15) is 0 Å². The third-order valence-corrected chi connectivity index (χ3v) is 3.85. The highest BCUT2D eigenvalue weighted by molar-refractivity contribution is 5.15. The van der Waals surface area contributed by atoms with Gasteiger partial charge in [-0.25, -0.2) is 0 Å². The van der Waals surface area contributed by atoms with Gasteiger partial charge in [0, 0.05) is 24.7 Å². The average Bonchev–Trinajstić information content (AvgIpc) is 2.78. The van der Waals surface area contributed by atoms with E-state index >= 15 is 0 Å². The van der Waals surface area contributed by atoms with Crippen LogP contribution in [0.5, 0.6) is 0 Å². The lowest BCUT2D eigenvalue weighted by atomic mass is 10.1. The molecule has 1 saturated heterocycles. The third-order valence-electron chi connectivity index (χ3n) is 3.85. The molecule has 2 unspecified atom stereocenters. The molecule has 0 radical (unpaired) electrons.